The van der Waals surface area contributed by atoms with E-state index >= 15 is 0 Å². The smallest absolute Gasteiger partial charge is 0.246 e. The summed E-state index contributed by atoms with van der Waals surface area (Å²) in [6.07, 6.45) is 4.50. The molecule has 8 nitrogen and oxygen atoms in total. The topological polar surface area (TPSA) is 96.8 Å². The van der Waals surface area contributed by atoms with Crippen molar-refractivity contribution < 1.29 is 19.4 Å². The highest BCUT2D eigenvalue weighted by Crippen LogP contribution is 2.40. The number of halogens is 1. The Morgan fingerprint density at radius 2 is 2.11 bits per heavy atom. The van der Waals surface area contributed by atoms with Crippen LogP contribution >= 0.6 is 11.6 Å². The molecule has 0 aromatic carbocycles. The Hall–Kier alpha value is -1.48. The molecule has 9 heteroatoms. The average molecular weight is 399 g/mol. The van der Waals surface area contributed by atoms with Crippen LogP contribution in [0, 0.1) is 0 Å². The van der Waals surface area contributed by atoms with Gasteiger partial charge in [0.15, 0.2) is 0 Å². The number of aromatic nitrogens is 2. The van der Waals surface area contributed by atoms with Gasteiger partial charge in [-0.15, -0.1) is 0 Å². The van der Waals surface area contributed by atoms with Crippen LogP contribution in [-0.2, 0) is 14.3 Å². The third-order valence-corrected chi connectivity index (χ3v) is 5.59. The van der Waals surface area contributed by atoms with Crippen LogP contribution in [-0.4, -0.2) is 71.1 Å². The SMILES string of the molecule is CCOCC(=O)N[C@]1(C)CC2(CCN(c3ncc(Cl)cn3)CC2)OC[C@H]1O. The number of aliphatic hydroxyl groups excluding tert-OH is 1. The van der Waals surface area contributed by atoms with Crippen molar-refractivity contribution in [2.45, 2.75) is 50.4 Å². The zero-order valence-corrected chi connectivity index (χ0v) is 16.5. The minimum Gasteiger partial charge on any atom is -0.388 e. The van der Waals surface area contributed by atoms with E-state index in [1.54, 1.807) is 12.4 Å². The summed E-state index contributed by atoms with van der Waals surface area (Å²) in [6.45, 7) is 5.85. The molecule has 150 valence electrons. The van der Waals surface area contributed by atoms with E-state index in [0.717, 1.165) is 25.9 Å². The van der Waals surface area contributed by atoms with Crippen molar-refractivity contribution in [3.8, 4) is 0 Å². The van der Waals surface area contributed by atoms with Gasteiger partial charge in [-0.05, 0) is 26.7 Å². The lowest BCUT2D eigenvalue weighted by Gasteiger charge is -2.52. The summed E-state index contributed by atoms with van der Waals surface area (Å²) >= 11 is 5.85. The zero-order chi connectivity index (χ0) is 19.5. The lowest BCUT2D eigenvalue weighted by Crippen LogP contribution is -2.66. The molecule has 2 saturated heterocycles. The Morgan fingerprint density at radius 3 is 2.74 bits per heavy atom. The van der Waals surface area contributed by atoms with Crippen molar-refractivity contribution in [3.05, 3.63) is 17.4 Å². The Morgan fingerprint density at radius 1 is 1.44 bits per heavy atom. The molecule has 1 aromatic heterocycles. The van der Waals surface area contributed by atoms with Gasteiger partial charge in [-0.1, -0.05) is 11.6 Å². The van der Waals surface area contributed by atoms with Gasteiger partial charge in [-0.2, -0.15) is 0 Å². The number of hydrogen-bond donors (Lipinski definition) is 2. The third-order valence-electron chi connectivity index (χ3n) is 5.40. The third kappa shape index (κ3) is 4.68. The molecule has 1 amide bonds. The molecular weight excluding hydrogens is 372 g/mol. The summed E-state index contributed by atoms with van der Waals surface area (Å²) in [5.41, 5.74) is -1.12. The van der Waals surface area contributed by atoms with Gasteiger partial charge in [0.25, 0.3) is 0 Å². The normalized spacial score (nSPS) is 27.6. The van der Waals surface area contributed by atoms with Gasteiger partial charge in [0.05, 0.1) is 35.2 Å². The van der Waals surface area contributed by atoms with E-state index < -0.39 is 11.6 Å². The van der Waals surface area contributed by atoms with Crippen molar-refractivity contribution in [2.75, 3.05) is 37.8 Å². The molecule has 0 radical (unpaired) electrons. The molecule has 2 fully saturated rings. The van der Waals surface area contributed by atoms with Gasteiger partial charge in [-0.3, -0.25) is 4.79 Å². The number of ether oxygens (including phenoxy) is 2. The highest BCUT2D eigenvalue weighted by Gasteiger charge is 2.50. The first-order valence-corrected chi connectivity index (χ1v) is 9.67. The van der Waals surface area contributed by atoms with Gasteiger partial charge in [-0.25, -0.2) is 9.97 Å². The minimum absolute atomic E-state index is 0.00560. The Balaban J connectivity index is 1.63. The fourth-order valence-corrected chi connectivity index (χ4v) is 3.96. The number of piperidine rings is 1. The molecule has 1 aromatic rings. The Labute approximate surface area is 164 Å². The van der Waals surface area contributed by atoms with Crippen molar-refractivity contribution in [1.82, 2.24) is 15.3 Å². The van der Waals surface area contributed by atoms with E-state index in [1.807, 2.05) is 13.8 Å². The van der Waals surface area contributed by atoms with Gasteiger partial charge in [0.2, 0.25) is 11.9 Å². The number of carbonyl (C=O) groups is 1. The van der Waals surface area contributed by atoms with Crippen LogP contribution < -0.4 is 10.2 Å². The molecule has 2 atom stereocenters. The molecule has 0 unspecified atom stereocenters. The van der Waals surface area contributed by atoms with Crippen LogP contribution in [0.4, 0.5) is 5.95 Å². The Kier molecular flexibility index (Phi) is 6.20. The van der Waals surface area contributed by atoms with E-state index in [-0.39, 0.29) is 24.7 Å². The number of rotatable bonds is 5. The average Bonchev–Trinajstić information content (AvgIpc) is 2.65. The van der Waals surface area contributed by atoms with Crippen LogP contribution in [0.25, 0.3) is 0 Å². The maximum Gasteiger partial charge on any atom is 0.246 e. The quantitative estimate of drug-likeness (QED) is 0.768. The molecule has 0 bridgehead atoms. The van der Waals surface area contributed by atoms with Crippen molar-refractivity contribution in [2.24, 2.45) is 0 Å². The van der Waals surface area contributed by atoms with Crippen LogP contribution in [0.2, 0.25) is 5.02 Å². The molecular formula is C18H27ClN4O4. The summed E-state index contributed by atoms with van der Waals surface area (Å²) in [7, 11) is 0. The molecule has 3 heterocycles. The number of anilines is 1. The van der Waals surface area contributed by atoms with Crippen molar-refractivity contribution >= 4 is 23.5 Å². The van der Waals surface area contributed by atoms with Crippen LogP contribution in [0.3, 0.4) is 0 Å². The largest absolute Gasteiger partial charge is 0.388 e. The maximum absolute atomic E-state index is 12.1. The number of hydrogen-bond acceptors (Lipinski definition) is 7. The molecule has 2 aliphatic rings. The number of aliphatic hydroxyl groups is 1. The van der Waals surface area contributed by atoms with E-state index in [4.69, 9.17) is 21.1 Å². The van der Waals surface area contributed by atoms with Gasteiger partial charge in [0.1, 0.15) is 12.7 Å². The van der Waals surface area contributed by atoms with Crippen LogP contribution in [0.15, 0.2) is 12.4 Å². The highest BCUT2D eigenvalue weighted by molar-refractivity contribution is 6.30. The first-order chi connectivity index (χ1) is 12.9. The highest BCUT2D eigenvalue weighted by atomic mass is 35.5. The molecule has 1 spiro atoms. The summed E-state index contributed by atoms with van der Waals surface area (Å²) in [5, 5.41) is 13.9. The molecule has 3 rings (SSSR count). The standard InChI is InChI=1S/C18H27ClN4O4/c1-3-26-11-15(25)22-17(2)12-18(27-10-14(17)24)4-6-23(7-5-18)16-20-8-13(19)9-21-16/h8-9,14,24H,3-7,10-12H2,1-2H3,(H,22,25)/t14-,17-/m1/s1. The predicted molar refractivity (Wildman–Crippen MR) is 101 cm³/mol. The lowest BCUT2D eigenvalue weighted by molar-refractivity contribution is -0.173. The van der Waals surface area contributed by atoms with E-state index in [1.165, 1.54) is 0 Å². The second-order valence-corrected chi connectivity index (χ2v) is 7.91. The number of nitrogens with one attached hydrogen (secondary N) is 1. The molecule has 0 aliphatic carbocycles. The zero-order valence-electron chi connectivity index (χ0n) is 15.8. The van der Waals surface area contributed by atoms with Crippen molar-refractivity contribution in [1.29, 1.82) is 0 Å². The fraction of sp³-hybridized carbons (Fsp3) is 0.722. The molecule has 0 saturated carbocycles. The fourth-order valence-electron chi connectivity index (χ4n) is 3.86. The molecule has 2 aliphatic heterocycles. The van der Waals surface area contributed by atoms with E-state index in [2.05, 4.69) is 20.2 Å². The summed E-state index contributed by atoms with van der Waals surface area (Å²) in [6, 6.07) is 0. The number of amides is 1. The van der Waals surface area contributed by atoms with Crippen LogP contribution in [0.5, 0.6) is 0 Å². The van der Waals surface area contributed by atoms with Crippen LogP contribution in [0.1, 0.15) is 33.1 Å². The number of nitrogens with zero attached hydrogens (tertiary/aromatic N) is 3. The van der Waals surface area contributed by atoms with Gasteiger partial charge >= 0.3 is 0 Å². The Bertz CT molecular complexity index is 651. The van der Waals surface area contributed by atoms with Crippen molar-refractivity contribution in [3.63, 3.8) is 0 Å². The second kappa shape index (κ2) is 8.26. The minimum atomic E-state index is -0.758. The molecule has 27 heavy (non-hydrogen) atoms. The number of carbonyl (C=O) groups excluding carboxylic acids is 1. The van der Waals surface area contributed by atoms with E-state index in [9.17, 15) is 9.90 Å². The monoisotopic (exact) mass is 398 g/mol. The molecule has 2 N–H and O–H groups in total. The predicted octanol–water partition coefficient (Wildman–Crippen LogP) is 1.16. The lowest BCUT2D eigenvalue weighted by atomic mass is 9.74. The van der Waals surface area contributed by atoms with Gasteiger partial charge < -0.3 is 24.8 Å². The first kappa shape index (κ1) is 20.3. The summed E-state index contributed by atoms with van der Waals surface area (Å²) in [5.74, 6) is 0.431. The maximum atomic E-state index is 12.1. The second-order valence-electron chi connectivity index (χ2n) is 7.48. The van der Waals surface area contributed by atoms with E-state index in [0.29, 0.717) is 24.0 Å². The van der Waals surface area contributed by atoms with Gasteiger partial charge in [0, 0.05) is 26.1 Å². The summed E-state index contributed by atoms with van der Waals surface area (Å²) < 4.78 is 11.2. The first-order valence-electron chi connectivity index (χ1n) is 9.29. The summed E-state index contributed by atoms with van der Waals surface area (Å²) in [4.78, 5) is 22.8.